The minimum absolute atomic E-state index is 0.000593. The molecule has 0 bridgehead atoms. The second kappa shape index (κ2) is 15.0. The zero-order chi connectivity index (χ0) is 29.0. The van der Waals surface area contributed by atoms with Crippen molar-refractivity contribution in [3.05, 3.63) is 90.5 Å². The summed E-state index contributed by atoms with van der Waals surface area (Å²) in [6.45, 7) is 3.32. The number of nitrogens with one attached hydrogen (secondary N) is 3. The molecule has 2 amide bonds. The van der Waals surface area contributed by atoms with Crippen LogP contribution in [-0.2, 0) is 26.2 Å². The van der Waals surface area contributed by atoms with E-state index in [1.165, 1.54) is 24.3 Å². The van der Waals surface area contributed by atoms with E-state index < -0.39 is 34.2 Å². The molecule has 0 aliphatic carbocycles. The fourth-order valence-corrected chi connectivity index (χ4v) is 4.70. The number of alkyl carbamates (subject to hydrolysis) is 1. The largest absolute Gasteiger partial charge is 0.457 e. The highest BCUT2D eigenvalue weighted by Gasteiger charge is 2.24. The summed E-state index contributed by atoms with van der Waals surface area (Å²) in [5.41, 5.74) is 0.810. The summed E-state index contributed by atoms with van der Waals surface area (Å²) in [5.74, 6) is 0.672. The third-order valence-electron chi connectivity index (χ3n) is 5.66. The summed E-state index contributed by atoms with van der Waals surface area (Å²) in [4.78, 5) is 25.0. The van der Waals surface area contributed by atoms with Crippen LogP contribution < -0.4 is 20.1 Å². The molecule has 0 radical (unpaired) electrons. The van der Waals surface area contributed by atoms with E-state index in [2.05, 4.69) is 15.4 Å². The molecule has 0 saturated carbocycles. The van der Waals surface area contributed by atoms with E-state index in [1.54, 1.807) is 12.1 Å². The molecule has 214 valence electrons. The van der Waals surface area contributed by atoms with Gasteiger partial charge in [0.25, 0.3) is 0 Å². The standard InChI is InChI=1S/C29H35N3O7S/c1-21(2)17-27(32-29(35)38-20-22-9-5-3-6-10-22)28(34)30-18-23(33)19-31-40(36,37)26-15-13-25(14-16-26)39-24-11-7-4-8-12-24/h3-16,21,23,27,31,33H,17-20H2,1-2H3,(H,30,34)(H,32,35)/t23?,27-/m0/s1. The Hall–Kier alpha value is -3.93. The fraction of sp³-hybridized carbons (Fsp3) is 0.310. The second-order valence-corrected chi connectivity index (χ2v) is 11.3. The Labute approximate surface area is 234 Å². The highest BCUT2D eigenvalue weighted by Crippen LogP contribution is 2.22. The molecule has 4 N–H and O–H groups in total. The highest BCUT2D eigenvalue weighted by molar-refractivity contribution is 7.89. The third kappa shape index (κ3) is 10.3. The maximum Gasteiger partial charge on any atom is 0.408 e. The topological polar surface area (TPSA) is 143 Å². The maximum absolute atomic E-state index is 12.7. The maximum atomic E-state index is 12.7. The van der Waals surface area contributed by atoms with Gasteiger partial charge < -0.3 is 25.2 Å². The van der Waals surface area contributed by atoms with Gasteiger partial charge in [-0.3, -0.25) is 4.79 Å². The van der Waals surface area contributed by atoms with Crippen LogP contribution >= 0.6 is 0 Å². The predicted octanol–water partition coefficient (Wildman–Crippen LogP) is 3.58. The molecule has 40 heavy (non-hydrogen) atoms. The summed E-state index contributed by atoms with van der Waals surface area (Å²) in [6, 6.07) is 23.2. The molecule has 0 aliphatic rings. The lowest BCUT2D eigenvalue weighted by atomic mass is 10.0. The molecule has 3 aromatic rings. The van der Waals surface area contributed by atoms with Crippen molar-refractivity contribution in [2.45, 2.75) is 43.9 Å². The van der Waals surface area contributed by atoms with E-state index in [-0.39, 0.29) is 30.5 Å². The van der Waals surface area contributed by atoms with Crippen molar-refractivity contribution in [1.82, 2.24) is 15.4 Å². The van der Waals surface area contributed by atoms with Crippen LogP contribution in [0.4, 0.5) is 4.79 Å². The van der Waals surface area contributed by atoms with Gasteiger partial charge in [0, 0.05) is 13.1 Å². The Morgan fingerprint density at radius 1 is 0.850 bits per heavy atom. The summed E-state index contributed by atoms with van der Waals surface area (Å²) in [6.07, 6.45) is -1.60. The number of aliphatic hydroxyl groups is 1. The average Bonchev–Trinajstić information content (AvgIpc) is 2.94. The molecule has 0 heterocycles. The number of sulfonamides is 1. The van der Waals surface area contributed by atoms with Crippen molar-refractivity contribution in [2.24, 2.45) is 5.92 Å². The number of carbonyl (C=O) groups is 2. The van der Waals surface area contributed by atoms with Crippen LogP contribution in [0.5, 0.6) is 11.5 Å². The van der Waals surface area contributed by atoms with Crippen LogP contribution in [-0.4, -0.2) is 50.8 Å². The fourth-order valence-electron chi connectivity index (χ4n) is 3.62. The molecule has 0 aliphatic heterocycles. The molecular weight excluding hydrogens is 534 g/mol. The van der Waals surface area contributed by atoms with Crippen molar-refractivity contribution >= 4 is 22.0 Å². The molecule has 10 nitrogen and oxygen atoms in total. The first-order valence-electron chi connectivity index (χ1n) is 12.9. The van der Waals surface area contributed by atoms with E-state index >= 15 is 0 Å². The van der Waals surface area contributed by atoms with E-state index in [0.29, 0.717) is 17.9 Å². The van der Waals surface area contributed by atoms with E-state index in [4.69, 9.17) is 9.47 Å². The zero-order valence-electron chi connectivity index (χ0n) is 22.4. The first-order chi connectivity index (χ1) is 19.1. The zero-order valence-corrected chi connectivity index (χ0v) is 23.3. The van der Waals surface area contributed by atoms with Gasteiger partial charge in [0.05, 0.1) is 11.0 Å². The van der Waals surface area contributed by atoms with Crippen LogP contribution in [0.1, 0.15) is 25.8 Å². The molecule has 0 spiro atoms. The third-order valence-corrected chi connectivity index (χ3v) is 7.10. The monoisotopic (exact) mass is 569 g/mol. The van der Waals surface area contributed by atoms with Gasteiger partial charge in [-0.1, -0.05) is 62.4 Å². The number of ether oxygens (including phenoxy) is 2. The molecule has 3 rings (SSSR count). The number of hydrogen-bond acceptors (Lipinski definition) is 7. The lowest BCUT2D eigenvalue weighted by Gasteiger charge is -2.21. The number of hydrogen-bond donors (Lipinski definition) is 4. The van der Waals surface area contributed by atoms with E-state index in [1.807, 2.05) is 62.4 Å². The molecule has 0 saturated heterocycles. The van der Waals surface area contributed by atoms with Gasteiger partial charge in [-0.2, -0.15) is 0 Å². The summed E-state index contributed by atoms with van der Waals surface area (Å²) in [7, 11) is -3.91. The molecule has 11 heteroatoms. The molecule has 0 aromatic heterocycles. The Balaban J connectivity index is 1.46. The number of benzene rings is 3. The number of rotatable bonds is 14. The minimum atomic E-state index is -3.91. The molecule has 2 atom stereocenters. The first-order valence-corrected chi connectivity index (χ1v) is 14.4. The average molecular weight is 570 g/mol. The predicted molar refractivity (Wildman–Crippen MR) is 150 cm³/mol. The van der Waals surface area contributed by atoms with Gasteiger partial charge in [-0.25, -0.2) is 17.9 Å². The summed E-state index contributed by atoms with van der Waals surface area (Å²) in [5, 5.41) is 15.4. The van der Waals surface area contributed by atoms with Crippen LogP contribution in [0.25, 0.3) is 0 Å². The molecule has 1 unspecified atom stereocenters. The highest BCUT2D eigenvalue weighted by atomic mass is 32.2. The quantitative estimate of drug-likeness (QED) is 0.232. The van der Waals surface area contributed by atoms with Crippen molar-refractivity contribution in [3.63, 3.8) is 0 Å². The normalized spacial score (nSPS) is 12.8. The van der Waals surface area contributed by atoms with Gasteiger partial charge in [0.15, 0.2) is 0 Å². The Kier molecular flexibility index (Phi) is 11.5. The molecule has 0 fully saturated rings. The number of para-hydroxylation sites is 1. The Bertz CT molecular complexity index is 1320. The van der Waals surface area contributed by atoms with Crippen molar-refractivity contribution in [2.75, 3.05) is 13.1 Å². The van der Waals surface area contributed by atoms with Crippen molar-refractivity contribution < 1.29 is 32.6 Å². The lowest BCUT2D eigenvalue weighted by Crippen LogP contribution is -2.50. The van der Waals surface area contributed by atoms with Crippen LogP contribution in [0.3, 0.4) is 0 Å². The van der Waals surface area contributed by atoms with Gasteiger partial charge in [0.2, 0.25) is 15.9 Å². The van der Waals surface area contributed by atoms with Crippen molar-refractivity contribution in [1.29, 1.82) is 0 Å². The van der Waals surface area contributed by atoms with Crippen LogP contribution in [0, 0.1) is 5.92 Å². The van der Waals surface area contributed by atoms with Gasteiger partial charge in [-0.15, -0.1) is 0 Å². The summed E-state index contributed by atoms with van der Waals surface area (Å²) >= 11 is 0. The summed E-state index contributed by atoms with van der Waals surface area (Å²) < 4.78 is 38.5. The van der Waals surface area contributed by atoms with Gasteiger partial charge in [0.1, 0.15) is 24.1 Å². The van der Waals surface area contributed by atoms with Gasteiger partial charge >= 0.3 is 6.09 Å². The van der Waals surface area contributed by atoms with Gasteiger partial charge in [-0.05, 0) is 54.3 Å². The molecular formula is C29H35N3O7S. The SMILES string of the molecule is CC(C)C[C@H](NC(=O)OCc1ccccc1)C(=O)NCC(O)CNS(=O)(=O)c1ccc(Oc2ccccc2)cc1. The Morgan fingerprint density at radius 2 is 1.45 bits per heavy atom. The molecule has 3 aromatic carbocycles. The first kappa shape index (κ1) is 30.6. The van der Waals surface area contributed by atoms with Crippen LogP contribution in [0.2, 0.25) is 0 Å². The van der Waals surface area contributed by atoms with Crippen LogP contribution in [0.15, 0.2) is 89.8 Å². The number of carbonyl (C=O) groups excluding carboxylic acids is 2. The van der Waals surface area contributed by atoms with Crippen molar-refractivity contribution in [3.8, 4) is 11.5 Å². The van der Waals surface area contributed by atoms with E-state index in [0.717, 1.165) is 5.56 Å². The smallest absolute Gasteiger partial charge is 0.408 e. The van der Waals surface area contributed by atoms with E-state index in [9.17, 15) is 23.1 Å². The lowest BCUT2D eigenvalue weighted by molar-refractivity contribution is -0.123. The Morgan fingerprint density at radius 3 is 2.08 bits per heavy atom. The second-order valence-electron chi connectivity index (χ2n) is 9.53. The number of amides is 2. The minimum Gasteiger partial charge on any atom is -0.457 e. The number of aliphatic hydroxyl groups excluding tert-OH is 1.